The summed E-state index contributed by atoms with van der Waals surface area (Å²) in [5.74, 6) is -0.0433. The number of phosphoric ester groups is 6. The molecule has 0 radical (unpaired) electrons. The van der Waals surface area contributed by atoms with Gasteiger partial charge >= 0.3 is 87.8 Å². The summed E-state index contributed by atoms with van der Waals surface area (Å²) < 4.78 is 211. The molecule has 7 aliphatic heterocycles. The van der Waals surface area contributed by atoms with Gasteiger partial charge in [-0.1, -0.05) is 6.92 Å². The third kappa shape index (κ3) is 25.8. The van der Waals surface area contributed by atoms with Crippen molar-refractivity contribution in [3.05, 3.63) is 198 Å². The summed E-state index contributed by atoms with van der Waals surface area (Å²) in [6.45, 7) is -1.14. The number of rotatable bonds is 41. The van der Waals surface area contributed by atoms with Crippen LogP contribution in [0.4, 0.5) is 11.6 Å². The molecule has 143 heavy (non-hydrogen) atoms. The number of aromatic amines is 5. The van der Waals surface area contributed by atoms with Gasteiger partial charge in [0.25, 0.3) is 27.8 Å². The van der Waals surface area contributed by atoms with E-state index in [1.54, 1.807) is 13.8 Å². The lowest BCUT2D eigenvalue weighted by Gasteiger charge is -2.26. The molecule has 0 aromatic carbocycles. The minimum atomic E-state index is -5.79. The topological polar surface area (TPSA) is 843 Å². The standard InChI is InChI=1S/C72H97N18O45P7S/c1-9-37-38(10-51(122-37)84-17-31(2)59(73)78-67(84)96)135-142(114,143)121-28-50-44(16-57(128-50)90-30-77-58-60(74)75-29-76-61(58)90)134-141(112,113)120-27-49-43(15-56(127-49)89-22-36(7)66(95)83-72(89)101)133-140(110,111)119-26-48-42(14-55(126-48)88-21-35(6)65(94)82-71(88)100)132-139(108,109)118-25-47-41(13-54(125-47)87-20-34(5)64(93)81-70(87)99)131-138(106,107)117-24-46-40(12-53(124-46)86-19-33(4)63(92)80-69(86)98)130-137(104,105)116-23-45-39(129-136(102,103)115-8)11-52(123-45)85-18-32(3)62(91)79-68(85)97/h17-22,29-30,37-57H,9-16,23-28H2,1-8H3,(H,102,103)(H,104,105)(H,106,107)(H,108,109)(H,110,111)(H,112,113)(H,114,143)(H2,73,78,96)(H2,74,75,76)(H,79,91,97)(H,80,92,98)(H,81,93,99)(H,82,94,100)(H,83,95,101)/t37-,38?,39?,40?,41?,42?,43?,44?,45-,46-,47-,48-,49-,50-,51-,52-,53-,54-,55-,56-,57-,142?/m1/s1. The number of fused-ring (bicyclic) bond motifs is 1. The van der Waals surface area contributed by atoms with E-state index in [9.17, 15) is 114 Å². The second-order valence-corrected chi connectivity index (χ2v) is 45.0. The summed E-state index contributed by atoms with van der Waals surface area (Å²) in [4.78, 5) is 249. The van der Waals surface area contributed by atoms with Gasteiger partial charge in [-0.05, 0) is 59.8 Å². The summed E-state index contributed by atoms with van der Waals surface area (Å²) in [6.07, 6.45) is -27.2. The number of ether oxygens (including phenoxy) is 7. The average molecular weight is 2180 g/mol. The highest BCUT2D eigenvalue weighted by Gasteiger charge is 2.53. The molecule has 63 nitrogen and oxygen atoms in total. The maximum Gasteiger partial charge on any atom is 0.472 e. The molecular formula is C72H97N18O45P7S. The zero-order valence-corrected chi connectivity index (χ0v) is 83.0. The molecule has 0 aliphatic carbocycles. The van der Waals surface area contributed by atoms with Crippen LogP contribution in [0.25, 0.3) is 11.2 Å². The first-order valence-corrected chi connectivity index (χ1v) is 54.6. The number of nitrogens with two attached hydrogens (primary N) is 2. The number of imidazole rings is 1. The van der Waals surface area contributed by atoms with Crippen LogP contribution in [0, 0.1) is 41.5 Å². The predicted molar refractivity (Wildman–Crippen MR) is 480 cm³/mol. The van der Waals surface area contributed by atoms with Crippen LogP contribution in [0.15, 0.2) is 103 Å². The lowest BCUT2D eigenvalue weighted by molar-refractivity contribution is -0.0656. The van der Waals surface area contributed by atoms with Crippen molar-refractivity contribution in [3.8, 4) is 0 Å². The van der Waals surface area contributed by atoms with Gasteiger partial charge in [-0.3, -0.25) is 135 Å². The van der Waals surface area contributed by atoms with Gasteiger partial charge in [-0.15, -0.1) is 0 Å². The fraction of sp³-hybridized carbons (Fsp3) is 0.597. The smallest absolute Gasteiger partial charge is 0.383 e. The lowest BCUT2D eigenvalue weighted by atomic mass is 10.1. The number of hydrogen-bond donors (Lipinski definition) is 14. The van der Waals surface area contributed by atoms with Crippen molar-refractivity contribution in [2.75, 3.05) is 58.2 Å². The number of nitrogens with one attached hydrogen (secondary N) is 5. The van der Waals surface area contributed by atoms with Gasteiger partial charge in [0.05, 0.1) is 58.2 Å². The molecule has 7 fully saturated rings. The summed E-state index contributed by atoms with van der Waals surface area (Å²) in [5.41, 5.74) is 1.96. The largest absolute Gasteiger partial charge is 0.472 e. The van der Waals surface area contributed by atoms with Gasteiger partial charge < -0.3 is 87.9 Å². The molecule has 8 aromatic heterocycles. The maximum absolute atomic E-state index is 14.6. The van der Waals surface area contributed by atoms with E-state index >= 15 is 0 Å². The molecule has 0 bridgehead atoms. The van der Waals surface area contributed by atoms with E-state index in [0.717, 1.165) is 67.3 Å². The summed E-state index contributed by atoms with van der Waals surface area (Å²) in [7, 11) is -32.5. The van der Waals surface area contributed by atoms with Crippen molar-refractivity contribution >= 4 is 88.3 Å². The molecule has 0 spiro atoms. The molecule has 71 heteroatoms. The second-order valence-electron chi connectivity index (χ2n) is 33.7. The SMILES string of the molecule is CC[C@H]1O[C@@H](n2cc(C)c(N)nc2=O)CC1OP(O)(=S)OC[C@H]1O[C@@H](n2cnc3c(N)ncnc32)CC1OP(=O)(O)OC[C@H]1O[C@@H](n2cc(C)c(=O)[nH]c2=O)CC1OP(=O)(O)OC[C@H]1O[C@@H](n2cc(C)c(=O)[nH]c2=O)CC1OP(=O)(O)OC[C@H]1O[C@@H](n2cc(C)c(=O)[nH]c2=O)CC1OP(=O)(O)OC[C@H]1O[C@@H](n2cc(C)c(=O)[nH]c2=O)CC1OP(=O)(O)OC[C@H]1O[C@@H](n2cc(C)c(=O)[nH]c2=O)CC1OP(=O)(O)OC. The van der Waals surface area contributed by atoms with Gasteiger partial charge in [0.15, 0.2) is 11.5 Å². The average Bonchev–Trinajstić information content (AvgIpc) is 1.61. The molecular weight excluding hydrogens is 2090 g/mol. The Labute approximate surface area is 804 Å². The Morgan fingerprint density at radius 2 is 0.601 bits per heavy atom. The van der Waals surface area contributed by atoms with E-state index in [1.807, 2.05) is 9.97 Å². The Kier molecular flexibility index (Phi) is 32.8. The number of H-pyrrole nitrogens is 5. The van der Waals surface area contributed by atoms with E-state index in [-0.39, 0.29) is 63.5 Å². The number of nitrogens with zero attached hydrogens (tertiary/aromatic N) is 11. The fourth-order valence-corrected chi connectivity index (χ4v) is 23.4. The number of phosphoric acid groups is 6. The minimum Gasteiger partial charge on any atom is -0.383 e. The van der Waals surface area contributed by atoms with Crippen molar-refractivity contribution in [1.82, 2.24) is 76.8 Å². The first-order valence-electron chi connectivity index (χ1n) is 43.1. The third-order valence-corrected chi connectivity index (χ3v) is 31.3. The zero-order valence-electron chi connectivity index (χ0n) is 75.9. The summed E-state index contributed by atoms with van der Waals surface area (Å²) in [5, 5.41) is 0. The first-order chi connectivity index (χ1) is 67.1. The molecule has 15 heterocycles. The van der Waals surface area contributed by atoms with E-state index in [1.165, 1.54) is 56.3 Å². The van der Waals surface area contributed by atoms with Gasteiger partial charge in [-0.25, -0.2) is 71.1 Å². The van der Waals surface area contributed by atoms with E-state index < -0.39 is 316 Å². The van der Waals surface area contributed by atoms with Crippen molar-refractivity contribution in [1.29, 1.82) is 0 Å². The Bertz CT molecular complexity index is 7230. The number of nitrogen functional groups attached to an aromatic ring is 2. The van der Waals surface area contributed by atoms with Gasteiger partial charge in [0.2, 0.25) is 0 Å². The highest BCUT2D eigenvalue weighted by Crippen LogP contribution is 2.58. The summed E-state index contributed by atoms with van der Waals surface area (Å²) in [6, 6.07) is 0. The normalized spacial score (nSPS) is 29.7. The number of anilines is 2. The van der Waals surface area contributed by atoms with Crippen LogP contribution in [-0.4, -0.2) is 243 Å². The molecule has 16 N–H and O–H groups in total. The van der Waals surface area contributed by atoms with Crippen LogP contribution in [0.3, 0.4) is 0 Å². The number of aryl methyl sites for hydroxylation is 6. The fourth-order valence-electron chi connectivity index (χ4n) is 16.4. The maximum atomic E-state index is 14.6. The molecule has 786 valence electrons. The van der Waals surface area contributed by atoms with Crippen molar-refractivity contribution in [2.45, 2.75) is 229 Å². The number of hydrogen-bond acceptors (Lipinski definition) is 45. The Balaban J connectivity index is 0.633. The molecule has 15 rings (SSSR count). The monoisotopic (exact) mass is 2180 g/mol. The first kappa shape index (κ1) is 109. The minimum absolute atomic E-state index is 0.00458. The van der Waals surface area contributed by atoms with Crippen molar-refractivity contribution < 1.29 is 158 Å². The van der Waals surface area contributed by atoms with E-state index in [0.29, 0.717) is 12.0 Å². The van der Waals surface area contributed by atoms with E-state index in [4.69, 9.17) is 115 Å². The van der Waals surface area contributed by atoms with Crippen molar-refractivity contribution in [2.24, 2.45) is 0 Å². The second kappa shape index (κ2) is 43.3. The Morgan fingerprint density at radius 1 is 0.350 bits per heavy atom. The Hall–Kier alpha value is -8.66. The molecule has 14 unspecified atom stereocenters. The van der Waals surface area contributed by atoms with Crippen LogP contribution in [-0.2, 0) is 136 Å². The third-order valence-electron chi connectivity index (χ3n) is 23.7. The molecule has 0 amide bonds. The molecule has 7 saturated heterocycles. The van der Waals surface area contributed by atoms with E-state index in [2.05, 4.69) is 39.4 Å². The van der Waals surface area contributed by atoms with Crippen LogP contribution < -0.4 is 73.4 Å². The van der Waals surface area contributed by atoms with Crippen LogP contribution in [0.1, 0.15) is 135 Å². The molecule has 7 aliphatic rings. The number of aromatic nitrogens is 16. The van der Waals surface area contributed by atoms with Gasteiger partial charge in [-0.2, -0.15) is 4.98 Å². The van der Waals surface area contributed by atoms with Crippen LogP contribution in [0.2, 0.25) is 0 Å². The van der Waals surface area contributed by atoms with Crippen LogP contribution in [0.5, 0.6) is 0 Å². The quantitative estimate of drug-likeness (QED) is 0.0215. The van der Waals surface area contributed by atoms with Crippen molar-refractivity contribution in [3.63, 3.8) is 0 Å². The summed E-state index contributed by atoms with van der Waals surface area (Å²) >= 11 is 5.48. The lowest BCUT2D eigenvalue weighted by Crippen LogP contribution is -2.33. The van der Waals surface area contributed by atoms with Gasteiger partial charge in [0, 0.05) is 123 Å². The van der Waals surface area contributed by atoms with Crippen LogP contribution >= 0.6 is 53.7 Å². The Morgan fingerprint density at radius 3 is 0.888 bits per heavy atom. The zero-order chi connectivity index (χ0) is 104. The molecule has 8 aromatic rings. The predicted octanol–water partition coefficient (Wildman–Crippen LogP) is -0.467. The molecule has 28 atom stereocenters. The van der Waals surface area contributed by atoms with Gasteiger partial charge in [0.1, 0.15) is 135 Å². The highest BCUT2D eigenvalue weighted by molar-refractivity contribution is 8.07. The molecule has 0 saturated carbocycles. The highest BCUT2D eigenvalue weighted by atomic mass is 32.5.